The summed E-state index contributed by atoms with van der Waals surface area (Å²) in [7, 11) is 0. The lowest BCUT2D eigenvalue weighted by Crippen LogP contribution is -2.49. The smallest absolute Gasteiger partial charge is 0.124 e. The standard InChI is InChI=1S/C16H20N4O/c1-2-7-15-14(6-1)17-18-20(15)16(12-4-3-5-13(12)16)19-8-10-21-11-9-19/h1-2,6-7,12-13H,3-5,8-11H2. The molecule has 2 aliphatic carbocycles. The van der Waals surface area contributed by atoms with Crippen LogP contribution in [0.4, 0.5) is 0 Å². The van der Waals surface area contributed by atoms with E-state index in [1.165, 1.54) is 24.8 Å². The van der Waals surface area contributed by atoms with E-state index in [2.05, 4.69) is 38.1 Å². The van der Waals surface area contributed by atoms with Crippen molar-refractivity contribution in [3.63, 3.8) is 0 Å². The number of fused-ring (bicyclic) bond motifs is 2. The summed E-state index contributed by atoms with van der Waals surface area (Å²) in [5, 5.41) is 8.97. The van der Waals surface area contributed by atoms with E-state index in [-0.39, 0.29) is 5.66 Å². The van der Waals surface area contributed by atoms with Crippen molar-refractivity contribution >= 4 is 11.0 Å². The summed E-state index contributed by atoms with van der Waals surface area (Å²) >= 11 is 0. The molecule has 0 spiro atoms. The van der Waals surface area contributed by atoms with Gasteiger partial charge in [-0.2, -0.15) is 0 Å². The zero-order valence-corrected chi connectivity index (χ0v) is 12.1. The third kappa shape index (κ3) is 1.48. The van der Waals surface area contributed by atoms with Crippen molar-refractivity contribution in [1.29, 1.82) is 0 Å². The Morgan fingerprint density at radius 3 is 2.67 bits per heavy atom. The molecule has 5 heteroatoms. The highest BCUT2D eigenvalue weighted by Gasteiger charge is 2.71. The number of morpholine rings is 1. The van der Waals surface area contributed by atoms with Crippen molar-refractivity contribution in [3.8, 4) is 0 Å². The maximum absolute atomic E-state index is 5.56. The van der Waals surface area contributed by atoms with Crippen LogP contribution < -0.4 is 0 Å². The number of rotatable bonds is 2. The number of aromatic nitrogens is 3. The van der Waals surface area contributed by atoms with Crippen molar-refractivity contribution in [1.82, 2.24) is 19.9 Å². The third-order valence-electron chi connectivity index (χ3n) is 5.71. The van der Waals surface area contributed by atoms with E-state index in [9.17, 15) is 0 Å². The van der Waals surface area contributed by atoms with Crippen molar-refractivity contribution in [3.05, 3.63) is 24.3 Å². The lowest BCUT2D eigenvalue weighted by atomic mass is 10.1. The van der Waals surface area contributed by atoms with Gasteiger partial charge in [0, 0.05) is 24.9 Å². The zero-order chi connectivity index (χ0) is 13.9. The maximum atomic E-state index is 5.56. The molecule has 3 fully saturated rings. The van der Waals surface area contributed by atoms with Crippen LogP contribution >= 0.6 is 0 Å². The van der Waals surface area contributed by atoms with Gasteiger partial charge in [-0.05, 0) is 25.0 Å². The predicted octanol–water partition coefficient (Wildman–Crippen LogP) is 1.85. The number of ether oxygens (including phenoxy) is 1. The highest BCUT2D eigenvalue weighted by molar-refractivity contribution is 5.74. The summed E-state index contributed by atoms with van der Waals surface area (Å²) in [5.41, 5.74) is 2.27. The van der Waals surface area contributed by atoms with Crippen LogP contribution in [-0.2, 0) is 10.4 Å². The third-order valence-corrected chi connectivity index (χ3v) is 5.71. The van der Waals surface area contributed by atoms with Crippen LogP contribution in [0, 0.1) is 11.8 Å². The summed E-state index contributed by atoms with van der Waals surface area (Å²) in [6.07, 6.45) is 4.03. The van der Waals surface area contributed by atoms with E-state index < -0.39 is 0 Å². The van der Waals surface area contributed by atoms with Gasteiger partial charge in [0.1, 0.15) is 11.2 Å². The number of hydrogen-bond acceptors (Lipinski definition) is 4. The molecule has 0 amide bonds. The van der Waals surface area contributed by atoms with E-state index in [1.807, 2.05) is 6.07 Å². The zero-order valence-electron chi connectivity index (χ0n) is 12.1. The Morgan fingerprint density at radius 2 is 1.86 bits per heavy atom. The summed E-state index contributed by atoms with van der Waals surface area (Å²) in [6, 6.07) is 8.35. The van der Waals surface area contributed by atoms with Crippen LogP contribution in [0.1, 0.15) is 19.3 Å². The topological polar surface area (TPSA) is 43.2 Å². The molecule has 3 aliphatic rings. The van der Waals surface area contributed by atoms with E-state index in [4.69, 9.17) is 4.74 Å². The largest absolute Gasteiger partial charge is 0.379 e. The minimum atomic E-state index is 0.0815. The molecule has 21 heavy (non-hydrogen) atoms. The Labute approximate surface area is 123 Å². The Bertz CT molecular complexity index is 666. The van der Waals surface area contributed by atoms with Crippen molar-refractivity contribution in [2.24, 2.45) is 11.8 Å². The van der Waals surface area contributed by atoms with Gasteiger partial charge in [-0.15, -0.1) is 5.10 Å². The van der Waals surface area contributed by atoms with Gasteiger partial charge >= 0.3 is 0 Å². The van der Waals surface area contributed by atoms with Crippen molar-refractivity contribution in [2.45, 2.75) is 24.9 Å². The number of nitrogens with zero attached hydrogens (tertiary/aromatic N) is 4. The molecule has 2 heterocycles. The summed E-state index contributed by atoms with van der Waals surface area (Å²) in [4.78, 5) is 2.62. The van der Waals surface area contributed by atoms with Crippen LogP contribution in [0.2, 0.25) is 0 Å². The van der Waals surface area contributed by atoms with E-state index in [0.29, 0.717) is 0 Å². The van der Waals surface area contributed by atoms with Crippen LogP contribution in [0.15, 0.2) is 24.3 Å². The quantitative estimate of drug-likeness (QED) is 0.844. The SMILES string of the molecule is c1ccc2c(c1)nnn2C1(N2CCOCC2)C2CCCC21. The average molecular weight is 284 g/mol. The Morgan fingerprint density at radius 1 is 1.10 bits per heavy atom. The highest BCUT2D eigenvalue weighted by atomic mass is 16.5. The maximum Gasteiger partial charge on any atom is 0.124 e. The fraction of sp³-hybridized carbons (Fsp3) is 0.625. The van der Waals surface area contributed by atoms with Crippen molar-refractivity contribution < 1.29 is 4.74 Å². The molecule has 1 aliphatic heterocycles. The molecular formula is C16H20N4O. The van der Waals surface area contributed by atoms with Gasteiger partial charge in [0.2, 0.25) is 0 Å². The lowest BCUT2D eigenvalue weighted by Gasteiger charge is -2.37. The molecule has 5 rings (SSSR count). The molecule has 2 aromatic rings. The Hall–Kier alpha value is -1.46. The molecule has 110 valence electrons. The molecule has 1 aromatic carbocycles. The first-order chi connectivity index (χ1) is 10.4. The van der Waals surface area contributed by atoms with Crippen molar-refractivity contribution in [2.75, 3.05) is 26.3 Å². The fourth-order valence-electron chi connectivity index (χ4n) is 4.86. The predicted molar refractivity (Wildman–Crippen MR) is 78.7 cm³/mol. The molecule has 1 aromatic heterocycles. The van der Waals surface area contributed by atoms with Gasteiger partial charge in [0.05, 0.1) is 18.7 Å². The Balaban J connectivity index is 1.65. The molecule has 0 N–H and O–H groups in total. The van der Waals surface area contributed by atoms with Crippen LogP contribution in [0.3, 0.4) is 0 Å². The fourth-order valence-corrected chi connectivity index (χ4v) is 4.86. The lowest BCUT2D eigenvalue weighted by molar-refractivity contribution is -0.0309. The van der Waals surface area contributed by atoms with Gasteiger partial charge in [-0.1, -0.05) is 23.8 Å². The number of para-hydroxylation sites is 1. The van der Waals surface area contributed by atoms with Crippen LogP contribution in [0.5, 0.6) is 0 Å². The molecule has 2 atom stereocenters. The molecule has 2 unspecified atom stereocenters. The first kappa shape index (κ1) is 12.1. The van der Waals surface area contributed by atoms with Gasteiger partial charge in [0.25, 0.3) is 0 Å². The van der Waals surface area contributed by atoms with Gasteiger partial charge < -0.3 is 4.74 Å². The average Bonchev–Trinajstić information content (AvgIpc) is 2.94. The summed E-state index contributed by atoms with van der Waals surface area (Å²) in [5.74, 6) is 1.50. The minimum Gasteiger partial charge on any atom is -0.379 e. The van der Waals surface area contributed by atoms with E-state index in [0.717, 1.165) is 43.7 Å². The van der Waals surface area contributed by atoms with Gasteiger partial charge in [-0.3, -0.25) is 4.90 Å². The second-order valence-electron chi connectivity index (χ2n) is 6.52. The van der Waals surface area contributed by atoms with E-state index >= 15 is 0 Å². The summed E-state index contributed by atoms with van der Waals surface area (Å²) in [6.45, 7) is 3.71. The molecule has 5 nitrogen and oxygen atoms in total. The van der Waals surface area contributed by atoms with Gasteiger partial charge in [-0.25, -0.2) is 4.68 Å². The van der Waals surface area contributed by atoms with Gasteiger partial charge in [0.15, 0.2) is 0 Å². The molecule has 0 radical (unpaired) electrons. The normalized spacial score (nSPS) is 36.0. The summed E-state index contributed by atoms with van der Waals surface area (Å²) < 4.78 is 7.80. The monoisotopic (exact) mass is 284 g/mol. The minimum absolute atomic E-state index is 0.0815. The number of hydrogen-bond donors (Lipinski definition) is 0. The van der Waals surface area contributed by atoms with E-state index in [1.54, 1.807) is 0 Å². The molecule has 1 saturated heterocycles. The highest BCUT2D eigenvalue weighted by Crippen LogP contribution is 2.67. The Kier molecular flexibility index (Phi) is 2.47. The second kappa shape index (κ2) is 4.27. The molecule has 0 bridgehead atoms. The second-order valence-corrected chi connectivity index (χ2v) is 6.52. The van der Waals surface area contributed by atoms with Crippen LogP contribution in [0.25, 0.3) is 11.0 Å². The molecular weight excluding hydrogens is 264 g/mol. The van der Waals surface area contributed by atoms with Crippen LogP contribution in [-0.4, -0.2) is 46.2 Å². The first-order valence-corrected chi connectivity index (χ1v) is 8.06. The number of benzene rings is 1. The first-order valence-electron chi connectivity index (χ1n) is 8.06. The molecule has 2 saturated carbocycles.